The first kappa shape index (κ1) is 17.1. The van der Waals surface area contributed by atoms with Gasteiger partial charge in [-0.05, 0) is 55.3 Å². The number of sulfonamides is 1. The van der Waals surface area contributed by atoms with E-state index in [1.807, 2.05) is 0 Å². The van der Waals surface area contributed by atoms with Crippen LogP contribution in [0.15, 0.2) is 45.7 Å². The molecular formula is C19H16ClNO4S. The zero-order valence-corrected chi connectivity index (χ0v) is 15.6. The summed E-state index contributed by atoms with van der Waals surface area (Å²) < 4.78 is 33.6. The van der Waals surface area contributed by atoms with Gasteiger partial charge in [0, 0.05) is 28.9 Å². The Hall–Kier alpha value is -2.31. The molecule has 0 spiro atoms. The van der Waals surface area contributed by atoms with Crippen LogP contribution in [-0.4, -0.2) is 14.2 Å². The summed E-state index contributed by atoms with van der Waals surface area (Å²) in [6, 6.07) is 9.50. The molecule has 1 aromatic heterocycles. The quantitative estimate of drug-likeness (QED) is 0.703. The average Bonchev–Trinajstić information content (AvgIpc) is 2.96. The summed E-state index contributed by atoms with van der Waals surface area (Å²) in [5.74, 6) is 0.725. The molecule has 1 N–H and O–H groups in total. The summed E-state index contributed by atoms with van der Waals surface area (Å²) in [6.07, 6.45) is 1.99. The zero-order valence-electron chi connectivity index (χ0n) is 14.0. The highest BCUT2D eigenvalue weighted by molar-refractivity contribution is 7.92. The minimum atomic E-state index is -3.76. The second-order valence-electron chi connectivity index (χ2n) is 6.40. The number of rotatable bonds is 3. The molecule has 0 saturated heterocycles. The Bertz CT molecular complexity index is 1150. The molecule has 1 aliphatic carbocycles. The van der Waals surface area contributed by atoms with Crippen molar-refractivity contribution in [2.45, 2.75) is 31.1 Å². The van der Waals surface area contributed by atoms with Crippen LogP contribution in [0.4, 0.5) is 5.69 Å². The zero-order chi connectivity index (χ0) is 18.5. The summed E-state index contributed by atoms with van der Waals surface area (Å²) in [7, 11) is -3.76. The van der Waals surface area contributed by atoms with Crippen LogP contribution in [0.2, 0.25) is 5.02 Å². The number of fused-ring (bicyclic) bond motifs is 3. The standard InChI is InChI=1S/C19H16ClNO4S/c1-11-9-13(6-7-15(11)20)26(23,24)21-12-5-8-17-14(10-12)19-16(22)3-2-4-18(19)25-17/h5-10,21H,2-4H2,1H3. The molecule has 0 atom stereocenters. The molecule has 0 fully saturated rings. The Morgan fingerprint density at radius 2 is 1.92 bits per heavy atom. The van der Waals surface area contributed by atoms with Gasteiger partial charge in [-0.2, -0.15) is 0 Å². The molecule has 0 aliphatic heterocycles. The smallest absolute Gasteiger partial charge is 0.261 e. The van der Waals surface area contributed by atoms with E-state index in [4.69, 9.17) is 16.0 Å². The first-order valence-electron chi connectivity index (χ1n) is 8.23. The summed E-state index contributed by atoms with van der Waals surface area (Å²) in [4.78, 5) is 12.4. The lowest BCUT2D eigenvalue weighted by Gasteiger charge is -2.10. The number of aryl methyl sites for hydroxylation is 2. The van der Waals surface area contributed by atoms with E-state index in [-0.39, 0.29) is 10.7 Å². The Balaban J connectivity index is 1.74. The average molecular weight is 390 g/mol. The maximum atomic E-state index is 12.6. The van der Waals surface area contributed by atoms with Gasteiger partial charge in [0.1, 0.15) is 11.3 Å². The fourth-order valence-corrected chi connectivity index (χ4v) is 4.48. The number of nitrogens with one attached hydrogen (secondary N) is 1. The van der Waals surface area contributed by atoms with E-state index in [0.29, 0.717) is 45.0 Å². The van der Waals surface area contributed by atoms with Gasteiger partial charge >= 0.3 is 0 Å². The molecule has 7 heteroatoms. The van der Waals surface area contributed by atoms with Crippen molar-refractivity contribution in [3.8, 4) is 0 Å². The lowest BCUT2D eigenvalue weighted by Crippen LogP contribution is -2.13. The highest BCUT2D eigenvalue weighted by Crippen LogP contribution is 2.34. The number of Topliss-reactive ketones (excluding diaryl/α,β-unsaturated/α-hetero) is 1. The normalized spacial score (nSPS) is 14.5. The first-order chi connectivity index (χ1) is 12.3. The summed E-state index contributed by atoms with van der Waals surface area (Å²) in [6.45, 7) is 1.75. The number of furan rings is 1. The molecular weight excluding hydrogens is 374 g/mol. The van der Waals surface area contributed by atoms with Crippen LogP contribution in [0.5, 0.6) is 0 Å². The molecule has 5 nitrogen and oxygen atoms in total. The third-order valence-corrected chi connectivity index (χ3v) is 6.34. The number of halogens is 1. The second kappa shape index (κ2) is 6.14. The predicted octanol–water partition coefficient (Wildman–Crippen LogP) is 4.71. The minimum absolute atomic E-state index is 0.0401. The number of hydrogen-bond acceptors (Lipinski definition) is 4. The molecule has 0 bridgehead atoms. The fourth-order valence-electron chi connectivity index (χ4n) is 3.23. The second-order valence-corrected chi connectivity index (χ2v) is 8.49. The molecule has 0 saturated carbocycles. The Morgan fingerprint density at radius 1 is 1.12 bits per heavy atom. The van der Waals surface area contributed by atoms with Crippen molar-refractivity contribution in [3.05, 3.63) is 58.3 Å². The maximum Gasteiger partial charge on any atom is 0.261 e. The van der Waals surface area contributed by atoms with Crippen molar-refractivity contribution < 1.29 is 17.6 Å². The number of carbonyl (C=O) groups is 1. The van der Waals surface area contributed by atoms with Crippen LogP contribution in [-0.2, 0) is 16.4 Å². The molecule has 0 unspecified atom stereocenters. The largest absolute Gasteiger partial charge is 0.460 e. The van der Waals surface area contributed by atoms with E-state index in [0.717, 1.165) is 12.8 Å². The van der Waals surface area contributed by atoms with Gasteiger partial charge < -0.3 is 4.42 Å². The van der Waals surface area contributed by atoms with Crippen LogP contribution < -0.4 is 4.72 Å². The topological polar surface area (TPSA) is 76.4 Å². The Morgan fingerprint density at radius 3 is 2.69 bits per heavy atom. The van der Waals surface area contributed by atoms with E-state index in [1.165, 1.54) is 12.1 Å². The van der Waals surface area contributed by atoms with Crippen molar-refractivity contribution in [3.63, 3.8) is 0 Å². The van der Waals surface area contributed by atoms with Crippen molar-refractivity contribution in [2.24, 2.45) is 0 Å². The molecule has 1 heterocycles. The van der Waals surface area contributed by atoms with Gasteiger partial charge in [0.25, 0.3) is 10.0 Å². The first-order valence-corrected chi connectivity index (χ1v) is 10.1. The van der Waals surface area contributed by atoms with Crippen LogP contribution >= 0.6 is 11.6 Å². The van der Waals surface area contributed by atoms with E-state index in [2.05, 4.69) is 4.72 Å². The van der Waals surface area contributed by atoms with Crippen LogP contribution in [0, 0.1) is 6.92 Å². The summed E-state index contributed by atoms with van der Waals surface area (Å²) in [5, 5.41) is 1.16. The molecule has 0 amide bonds. The number of carbonyl (C=O) groups excluding carboxylic acids is 1. The van der Waals surface area contributed by atoms with Crippen molar-refractivity contribution >= 4 is 44.1 Å². The molecule has 26 heavy (non-hydrogen) atoms. The third-order valence-electron chi connectivity index (χ3n) is 4.54. The number of anilines is 1. The monoisotopic (exact) mass is 389 g/mol. The van der Waals surface area contributed by atoms with Gasteiger partial charge in [-0.3, -0.25) is 9.52 Å². The number of hydrogen-bond donors (Lipinski definition) is 1. The number of ketones is 1. The summed E-state index contributed by atoms with van der Waals surface area (Å²) in [5.41, 5.74) is 2.23. The van der Waals surface area contributed by atoms with E-state index >= 15 is 0 Å². The van der Waals surface area contributed by atoms with Gasteiger partial charge in [-0.25, -0.2) is 8.42 Å². The third kappa shape index (κ3) is 2.89. The lowest BCUT2D eigenvalue weighted by molar-refractivity contribution is 0.0971. The van der Waals surface area contributed by atoms with E-state index in [9.17, 15) is 13.2 Å². The lowest BCUT2D eigenvalue weighted by atomic mass is 9.94. The highest BCUT2D eigenvalue weighted by Gasteiger charge is 2.25. The Labute approximate surface area is 156 Å². The van der Waals surface area contributed by atoms with Gasteiger partial charge in [-0.15, -0.1) is 0 Å². The Kier molecular flexibility index (Phi) is 4.04. The van der Waals surface area contributed by atoms with Gasteiger partial charge in [0.2, 0.25) is 0 Å². The van der Waals surface area contributed by atoms with Gasteiger partial charge in [0.05, 0.1) is 10.5 Å². The van der Waals surface area contributed by atoms with Crippen LogP contribution in [0.3, 0.4) is 0 Å². The summed E-state index contributed by atoms with van der Waals surface area (Å²) >= 11 is 5.97. The van der Waals surface area contributed by atoms with Crippen molar-refractivity contribution in [2.75, 3.05) is 4.72 Å². The molecule has 4 rings (SSSR count). The molecule has 134 valence electrons. The van der Waals surface area contributed by atoms with Crippen molar-refractivity contribution in [1.29, 1.82) is 0 Å². The van der Waals surface area contributed by atoms with Crippen LogP contribution in [0.1, 0.15) is 34.5 Å². The van der Waals surface area contributed by atoms with Crippen LogP contribution in [0.25, 0.3) is 11.0 Å². The molecule has 0 radical (unpaired) electrons. The van der Waals surface area contributed by atoms with E-state index in [1.54, 1.807) is 31.2 Å². The molecule has 3 aromatic rings. The number of benzene rings is 2. The highest BCUT2D eigenvalue weighted by atomic mass is 35.5. The molecule has 1 aliphatic rings. The van der Waals surface area contributed by atoms with Gasteiger partial charge in [0.15, 0.2) is 5.78 Å². The molecule has 2 aromatic carbocycles. The van der Waals surface area contributed by atoms with Gasteiger partial charge in [-0.1, -0.05) is 11.6 Å². The SMILES string of the molecule is Cc1cc(S(=O)(=O)Nc2ccc3oc4c(c3c2)C(=O)CCC4)ccc1Cl. The van der Waals surface area contributed by atoms with E-state index < -0.39 is 10.0 Å². The fraction of sp³-hybridized carbons (Fsp3) is 0.211. The predicted molar refractivity (Wildman–Crippen MR) is 100 cm³/mol. The minimum Gasteiger partial charge on any atom is -0.460 e. The maximum absolute atomic E-state index is 12.6. The van der Waals surface area contributed by atoms with Crippen molar-refractivity contribution in [1.82, 2.24) is 0 Å².